The van der Waals surface area contributed by atoms with Gasteiger partial charge in [0.05, 0.1) is 6.61 Å². The van der Waals surface area contributed by atoms with Gasteiger partial charge in [0.15, 0.2) is 18.5 Å². The number of hydrogen-bond acceptors (Lipinski definition) is 7. The van der Waals surface area contributed by atoms with Crippen LogP contribution in [0.1, 0.15) is 13.8 Å². The fourth-order valence-electron chi connectivity index (χ4n) is 1.66. The zero-order chi connectivity index (χ0) is 13.0. The molecule has 1 saturated heterocycles. The molecule has 98 valence electrons. The minimum Gasteiger partial charge on any atom is -0.455 e. The Kier molecular flexibility index (Phi) is 4.86. The van der Waals surface area contributed by atoms with Gasteiger partial charge in [-0.1, -0.05) is 0 Å². The second-order valence-corrected chi connectivity index (χ2v) is 3.67. The van der Waals surface area contributed by atoms with Crippen LogP contribution < -0.4 is 0 Å². The van der Waals surface area contributed by atoms with Crippen molar-refractivity contribution >= 4 is 11.9 Å². The van der Waals surface area contributed by atoms with Crippen LogP contribution in [0.4, 0.5) is 0 Å². The summed E-state index contributed by atoms with van der Waals surface area (Å²) in [7, 11) is 1.44. The van der Waals surface area contributed by atoms with Crippen LogP contribution in [-0.4, -0.2) is 55.4 Å². The minimum atomic E-state index is -1.33. The zero-order valence-corrected chi connectivity index (χ0v) is 9.91. The van der Waals surface area contributed by atoms with Gasteiger partial charge in [0, 0.05) is 21.0 Å². The molecular weight excluding hydrogens is 232 g/mol. The highest BCUT2D eigenvalue weighted by Crippen LogP contribution is 2.25. The standard InChI is InChI=1S/C10H16O7/c1-5(11)15-8-7(4-14-3)17-10(13)9(8)16-6(2)12/h7-10,13H,4H2,1-3H3/t7-,8-,9+,10?/m1/s1. The van der Waals surface area contributed by atoms with E-state index in [0.717, 1.165) is 0 Å². The molecule has 1 aliphatic rings. The van der Waals surface area contributed by atoms with Crippen molar-refractivity contribution in [1.29, 1.82) is 0 Å². The number of ether oxygens (including phenoxy) is 4. The predicted molar refractivity (Wildman–Crippen MR) is 53.9 cm³/mol. The second kappa shape index (κ2) is 5.95. The Labute approximate surface area is 98.6 Å². The lowest BCUT2D eigenvalue weighted by Crippen LogP contribution is -2.40. The van der Waals surface area contributed by atoms with Crippen LogP contribution in [0.15, 0.2) is 0 Å². The Morgan fingerprint density at radius 2 is 1.71 bits per heavy atom. The van der Waals surface area contributed by atoms with Crippen LogP contribution in [0, 0.1) is 0 Å². The van der Waals surface area contributed by atoms with Crippen molar-refractivity contribution in [2.24, 2.45) is 0 Å². The number of aliphatic hydroxyl groups excluding tert-OH is 1. The number of hydrogen-bond donors (Lipinski definition) is 1. The lowest BCUT2D eigenvalue weighted by molar-refractivity contribution is -0.174. The predicted octanol–water partition coefficient (Wildman–Crippen LogP) is -0.787. The van der Waals surface area contributed by atoms with Crippen molar-refractivity contribution in [2.45, 2.75) is 38.4 Å². The minimum absolute atomic E-state index is 0.118. The SMILES string of the molecule is COC[C@H]1OC(O)[C@@H](OC(C)=O)[C@@H]1OC(C)=O. The highest BCUT2D eigenvalue weighted by atomic mass is 16.7. The number of aliphatic hydroxyl groups is 1. The van der Waals surface area contributed by atoms with Gasteiger partial charge in [-0.25, -0.2) is 0 Å². The molecule has 0 aromatic rings. The summed E-state index contributed by atoms with van der Waals surface area (Å²) < 4.78 is 19.8. The Bertz CT molecular complexity index is 290. The van der Waals surface area contributed by atoms with Crippen molar-refractivity contribution < 1.29 is 33.6 Å². The van der Waals surface area contributed by atoms with Crippen molar-refractivity contribution in [3.8, 4) is 0 Å². The van der Waals surface area contributed by atoms with E-state index in [4.69, 9.17) is 18.9 Å². The molecule has 0 aromatic carbocycles. The molecule has 0 aromatic heterocycles. The summed E-state index contributed by atoms with van der Waals surface area (Å²) in [6, 6.07) is 0. The first-order valence-electron chi connectivity index (χ1n) is 5.12. The van der Waals surface area contributed by atoms with Gasteiger partial charge in [-0.05, 0) is 0 Å². The molecule has 1 heterocycles. The summed E-state index contributed by atoms with van der Waals surface area (Å²) >= 11 is 0. The third kappa shape index (κ3) is 3.65. The Morgan fingerprint density at radius 3 is 2.18 bits per heavy atom. The molecule has 0 amide bonds. The van der Waals surface area contributed by atoms with Gasteiger partial charge in [0.2, 0.25) is 0 Å². The van der Waals surface area contributed by atoms with E-state index in [1.807, 2.05) is 0 Å². The number of rotatable bonds is 4. The van der Waals surface area contributed by atoms with Crippen LogP contribution in [0.5, 0.6) is 0 Å². The molecule has 0 aliphatic carbocycles. The van der Waals surface area contributed by atoms with E-state index < -0.39 is 36.5 Å². The zero-order valence-electron chi connectivity index (χ0n) is 9.91. The lowest BCUT2D eigenvalue weighted by atomic mass is 10.1. The molecule has 1 fully saturated rings. The normalized spacial score (nSPS) is 32.2. The number of esters is 2. The van der Waals surface area contributed by atoms with Crippen LogP contribution >= 0.6 is 0 Å². The molecule has 17 heavy (non-hydrogen) atoms. The summed E-state index contributed by atoms with van der Waals surface area (Å²) in [4.78, 5) is 21.8. The van der Waals surface area contributed by atoms with Gasteiger partial charge >= 0.3 is 11.9 Å². The quantitative estimate of drug-likeness (QED) is 0.652. The van der Waals surface area contributed by atoms with Crippen LogP contribution in [0.2, 0.25) is 0 Å². The molecular formula is C10H16O7. The first kappa shape index (κ1) is 13.9. The molecule has 0 saturated carbocycles. The maximum Gasteiger partial charge on any atom is 0.303 e. The smallest absolute Gasteiger partial charge is 0.303 e. The van der Waals surface area contributed by atoms with Gasteiger partial charge in [-0.3, -0.25) is 9.59 Å². The Morgan fingerprint density at radius 1 is 1.18 bits per heavy atom. The van der Waals surface area contributed by atoms with Gasteiger partial charge in [0.25, 0.3) is 0 Å². The third-order valence-electron chi connectivity index (χ3n) is 2.22. The third-order valence-corrected chi connectivity index (χ3v) is 2.22. The van der Waals surface area contributed by atoms with E-state index in [-0.39, 0.29) is 6.61 Å². The van der Waals surface area contributed by atoms with Crippen molar-refractivity contribution in [2.75, 3.05) is 13.7 Å². The number of carbonyl (C=O) groups excluding carboxylic acids is 2. The first-order valence-corrected chi connectivity index (χ1v) is 5.12. The van der Waals surface area contributed by atoms with Gasteiger partial charge < -0.3 is 24.1 Å². The van der Waals surface area contributed by atoms with Crippen molar-refractivity contribution in [3.05, 3.63) is 0 Å². The van der Waals surface area contributed by atoms with Gasteiger partial charge in [0.1, 0.15) is 6.10 Å². The molecule has 1 unspecified atom stereocenters. The highest BCUT2D eigenvalue weighted by Gasteiger charge is 2.48. The molecule has 1 rings (SSSR count). The average molecular weight is 248 g/mol. The van der Waals surface area contributed by atoms with E-state index in [1.165, 1.54) is 21.0 Å². The lowest BCUT2D eigenvalue weighted by Gasteiger charge is -2.21. The molecule has 7 heteroatoms. The molecule has 0 radical (unpaired) electrons. The van der Waals surface area contributed by atoms with E-state index >= 15 is 0 Å². The molecule has 0 spiro atoms. The number of carbonyl (C=O) groups is 2. The van der Waals surface area contributed by atoms with Crippen molar-refractivity contribution in [3.63, 3.8) is 0 Å². The topological polar surface area (TPSA) is 91.3 Å². The van der Waals surface area contributed by atoms with Crippen LogP contribution in [0.3, 0.4) is 0 Å². The van der Waals surface area contributed by atoms with Crippen LogP contribution in [0.25, 0.3) is 0 Å². The Balaban J connectivity index is 2.76. The van der Waals surface area contributed by atoms with E-state index in [0.29, 0.717) is 0 Å². The maximum atomic E-state index is 10.9. The molecule has 4 atom stereocenters. The summed E-state index contributed by atoms with van der Waals surface area (Å²) in [6.45, 7) is 2.54. The monoisotopic (exact) mass is 248 g/mol. The van der Waals surface area contributed by atoms with E-state index in [1.54, 1.807) is 0 Å². The second-order valence-electron chi connectivity index (χ2n) is 3.67. The summed E-state index contributed by atoms with van der Waals surface area (Å²) in [6.07, 6.45) is -3.89. The van der Waals surface area contributed by atoms with E-state index in [2.05, 4.69) is 0 Å². The number of methoxy groups -OCH3 is 1. The average Bonchev–Trinajstić information content (AvgIpc) is 2.45. The van der Waals surface area contributed by atoms with Gasteiger partial charge in [-0.2, -0.15) is 0 Å². The van der Waals surface area contributed by atoms with Gasteiger partial charge in [-0.15, -0.1) is 0 Å². The molecule has 1 aliphatic heterocycles. The highest BCUT2D eigenvalue weighted by molar-refractivity contribution is 5.67. The first-order chi connectivity index (χ1) is 7.95. The fraction of sp³-hybridized carbons (Fsp3) is 0.800. The summed E-state index contributed by atoms with van der Waals surface area (Å²) in [5.41, 5.74) is 0. The Hall–Kier alpha value is -1.18. The summed E-state index contributed by atoms with van der Waals surface area (Å²) in [5.74, 6) is -1.14. The molecule has 0 bridgehead atoms. The molecule has 7 nitrogen and oxygen atoms in total. The largest absolute Gasteiger partial charge is 0.455 e. The summed E-state index contributed by atoms with van der Waals surface area (Å²) in [5, 5.41) is 9.57. The van der Waals surface area contributed by atoms with Crippen LogP contribution in [-0.2, 0) is 28.5 Å². The van der Waals surface area contributed by atoms with E-state index in [9.17, 15) is 14.7 Å². The molecule has 1 N–H and O–H groups in total. The van der Waals surface area contributed by atoms with Crippen molar-refractivity contribution in [1.82, 2.24) is 0 Å². The fourth-order valence-corrected chi connectivity index (χ4v) is 1.66. The maximum absolute atomic E-state index is 10.9.